The molecule has 1 aromatic carbocycles. The van der Waals surface area contributed by atoms with E-state index in [2.05, 4.69) is 22.4 Å². The van der Waals surface area contributed by atoms with E-state index in [0.717, 1.165) is 37.4 Å². The zero-order valence-corrected chi connectivity index (χ0v) is 13.6. The van der Waals surface area contributed by atoms with Gasteiger partial charge in [0.05, 0.1) is 31.5 Å². The standard InChI is InChI=1S/C17H24N4O2/c1-20-9-10-23-15(13-20)11-18-12-17(22)21-8-7-16(19-21)14-5-3-2-4-6-14/h2-6,15,18H,7-13H2,1H3. The highest BCUT2D eigenvalue weighted by molar-refractivity contribution is 6.02. The Morgan fingerprint density at radius 3 is 2.96 bits per heavy atom. The van der Waals surface area contributed by atoms with E-state index in [1.807, 2.05) is 30.3 Å². The maximum Gasteiger partial charge on any atom is 0.256 e. The van der Waals surface area contributed by atoms with Gasteiger partial charge >= 0.3 is 0 Å². The molecule has 23 heavy (non-hydrogen) atoms. The molecule has 1 aromatic rings. The number of ether oxygens (including phenoxy) is 1. The van der Waals surface area contributed by atoms with Gasteiger partial charge in [-0.2, -0.15) is 5.10 Å². The molecule has 1 atom stereocenters. The first-order valence-corrected chi connectivity index (χ1v) is 8.16. The normalized spacial score (nSPS) is 22.2. The predicted octanol–water partition coefficient (Wildman–Crippen LogP) is 0.543. The van der Waals surface area contributed by atoms with Crippen LogP contribution in [0.25, 0.3) is 0 Å². The highest BCUT2D eigenvalue weighted by Gasteiger charge is 2.22. The van der Waals surface area contributed by atoms with Crippen LogP contribution in [0.3, 0.4) is 0 Å². The number of hydrogen-bond donors (Lipinski definition) is 1. The molecule has 2 heterocycles. The van der Waals surface area contributed by atoms with Crippen molar-refractivity contribution in [3.05, 3.63) is 35.9 Å². The molecule has 2 aliphatic heterocycles. The summed E-state index contributed by atoms with van der Waals surface area (Å²) in [6.45, 7) is 4.29. The number of benzene rings is 1. The largest absolute Gasteiger partial charge is 0.374 e. The predicted molar refractivity (Wildman–Crippen MR) is 89.4 cm³/mol. The smallest absolute Gasteiger partial charge is 0.256 e. The average Bonchev–Trinajstić information content (AvgIpc) is 3.06. The van der Waals surface area contributed by atoms with Crippen molar-refractivity contribution in [2.75, 3.05) is 46.4 Å². The summed E-state index contributed by atoms with van der Waals surface area (Å²) in [5, 5.41) is 9.22. The number of carbonyl (C=O) groups excluding carboxylic acids is 1. The van der Waals surface area contributed by atoms with Crippen LogP contribution in [0.1, 0.15) is 12.0 Å². The lowest BCUT2D eigenvalue weighted by atomic mass is 10.1. The van der Waals surface area contributed by atoms with Crippen molar-refractivity contribution in [1.29, 1.82) is 0 Å². The number of rotatable bonds is 5. The number of amides is 1. The van der Waals surface area contributed by atoms with E-state index in [1.165, 1.54) is 0 Å². The van der Waals surface area contributed by atoms with Gasteiger partial charge in [0.15, 0.2) is 0 Å². The number of hydrazone groups is 1. The first-order chi connectivity index (χ1) is 11.2. The van der Waals surface area contributed by atoms with Gasteiger partial charge in [-0.05, 0) is 12.6 Å². The summed E-state index contributed by atoms with van der Waals surface area (Å²) in [6, 6.07) is 10.0. The third-order valence-corrected chi connectivity index (χ3v) is 4.19. The zero-order chi connectivity index (χ0) is 16.1. The minimum atomic E-state index is 0.0140. The number of hydrogen-bond acceptors (Lipinski definition) is 5. The van der Waals surface area contributed by atoms with Crippen molar-refractivity contribution < 1.29 is 9.53 Å². The van der Waals surface area contributed by atoms with E-state index >= 15 is 0 Å². The fraction of sp³-hybridized carbons (Fsp3) is 0.529. The molecule has 1 saturated heterocycles. The summed E-state index contributed by atoms with van der Waals surface area (Å²) < 4.78 is 5.67. The monoisotopic (exact) mass is 316 g/mol. The first-order valence-electron chi connectivity index (χ1n) is 8.16. The van der Waals surface area contributed by atoms with E-state index < -0.39 is 0 Å². The molecule has 0 aliphatic carbocycles. The maximum absolute atomic E-state index is 12.2. The van der Waals surface area contributed by atoms with Crippen LogP contribution in [0, 0.1) is 0 Å². The van der Waals surface area contributed by atoms with Crippen LogP contribution in [0.4, 0.5) is 0 Å². The second kappa shape index (κ2) is 7.68. The van der Waals surface area contributed by atoms with Gasteiger partial charge in [-0.25, -0.2) is 5.01 Å². The molecule has 3 rings (SSSR count). The quantitative estimate of drug-likeness (QED) is 0.862. The molecule has 6 heteroatoms. The fourth-order valence-corrected chi connectivity index (χ4v) is 2.89. The number of carbonyl (C=O) groups is 1. The molecule has 0 saturated carbocycles. The van der Waals surface area contributed by atoms with Crippen LogP contribution in [0.15, 0.2) is 35.4 Å². The van der Waals surface area contributed by atoms with Gasteiger partial charge in [-0.15, -0.1) is 0 Å². The third-order valence-electron chi connectivity index (χ3n) is 4.19. The maximum atomic E-state index is 12.2. The summed E-state index contributed by atoms with van der Waals surface area (Å²) in [7, 11) is 2.09. The molecule has 1 unspecified atom stereocenters. The molecule has 1 fully saturated rings. The Morgan fingerprint density at radius 1 is 1.35 bits per heavy atom. The van der Waals surface area contributed by atoms with Gasteiger partial charge in [0.25, 0.3) is 5.91 Å². The van der Waals surface area contributed by atoms with Crippen LogP contribution in [0.2, 0.25) is 0 Å². The lowest BCUT2D eigenvalue weighted by Gasteiger charge is -2.30. The van der Waals surface area contributed by atoms with Crippen molar-refractivity contribution in [2.24, 2.45) is 5.10 Å². The Labute approximate surface area is 137 Å². The van der Waals surface area contributed by atoms with Crippen LogP contribution in [0.5, 0.6) is 0 Å². The summed E-state index contributed by atoms with van der Waals surface area (Å²) in [5.41, 5.74) is 2.07. The van der Waals surface area contributed by atoms with Gasteiger partial charge in [0.1, 0.15) is 0 Å². The number of nitrogens with one attached hydrogen (secondary N) is 1. The van der Waals surface area contributed by atoms with Gasteiger partial charge < -0.3 is 15.0 Å². The molecule has 0 bridgehead atoms. The molecule has 0 spiro atoms. The number of likely N-dealkylation sites (N-methyl/N-ethyl adjacent to an activating group) is 1. The second-order valence-electron chi connectivity index (χ2n) is 6.07. The minimum Gasteiger partial charge on any atom is -0.374 e. The van der Waals surface area contributed by atoms with E-state index in [1.54, 1.807) is 5.01 Å². The Kier molecular flexibility index (Phi) is 5.38. The average molecular weight is 316 g/mol. The number of morpholine rings is 1. The van der Waals surface area contributed by atoms with Crippen LogP contribution < -0.4 is 5.32 Å². The summed E-state index contributed by atoms with van der Waals surface area (Å²) in [6.07, 6.45) is 0.968. The van der Waals surface area contributed by atoms with Crippen molar-refractivity contribution in [3.63, 3.8) is 0 Å². The Morgan fingerprint density at radius 2 is 2.17 bits per heavy atom. The highest BCUT2D eigenvalue weighted by atomic mass is 16.5. The Balaban J connectivity index is 1.45. The first kappa shape index (κ1) is 16.1. The van der Waals surface area contributed by atoms with Gasteiger partial charge in [0, 0.05) is 26.1 Å². The molecular formula is C17H24N4O2. The molecule has 0 radical (unpaired) electrons. The Bertz CT molecular complexity index is 561. The van der Waals surface area contributed by atoms with E-state index in [0.29, 0.717) is 19.6 Å². The fourth-order valence-electron chi connectivity index (χ4n) is 2.89. The highest BCUT2D eigenvalue weighted by Crippen LogP contribution is 2.13. The van der Waals surface area contributed by atoms with Crippen molar-refractivity contribution in [2.45, 2.75) is 12.5 Å². The lowest BCUT2D eigenvalue weighted by Crippen LogP contribution is -2.46. The van der Waals surface area contributed by atoms with Crippen LogP contribution >= 0.6 is 0 Å². The Hall–Kier alpha value is -1.76. The lowest BCUT2D eigenvalue weighted by molar-refractivity contribution is -0.129. The van der Waals surface area contributed by atoms with Crippen molar-refractivity contribution >= 4 is 11.6 Å². The number of nitrogens with zero attached hydrogens (tertiary/aromatic N) is 3. The van der Waals surface area contributed by atoms with Crippen LogP contribution in [-0.4, -0.2) is 74.0 Å². The van der Waals surface area contributed by atoms with Gasteiger partial charge in [-0.3, -0.25) is 4.79 Å². The summed E-state index contributed by atoms with van der Waals surface area (Å²) in [4.78, 5) is 14.5. The van der Waals surface area contributed by atoms with Crippen molar-refractivity contribution in [1.82, 2.24) is 15.2 Å². The molecular weight excluding hydrogens is 292 g/mol. The topological polar surface area (TPSA) is 57.2 Å². The summed E-state index contributed by atoms with van der Waals surface area (Å²) in [5.74, 6) is 0.0140. The second-order valence-corrected chi connectivity index (χ2v) is 6.07. The molecule has 1 amide bonds. The van der Waals surface area contributed by atoms with Crippen molar-refractivity contribution in [3.8, 4) is 0 Å². The molecule has 124 valence electrons. The van der Waals surface area contributed by atoms with E-state index in [9.17, 15) is 4.79 Å². The SMILES string of the molecule is CN1CCOC(CNCC(=O)N2CCC(c3ccccc3)=N2)C1. The third kappa shape index (κ3) is 4.37. The molecule has 6 nitrogen and oxygen atoms in total. The van der Waals surface area contributed by atoms with Crippen LogP contribution in [-0.2, 0) is 9.53 Å². The molecule has 2 aliphatic rings. The molecule has 1 N–H and O–H groups in total. The van der Waals surface area contributed by atoms with E-state index in [4.69, 9.17) is 4.74 Å². The minimum absolute atomic E-state index is 0.0140. The van der Waals surface area contributed by atoms with Gasteiger partial charge in [0.2, 0.25) is 0 Å². The van der Waals surface area contributed by atoms with E-state index in [-0.39, 0.29) is 12.0 Å². The zero-order valence-electron chi connectivity index (χ0n) is 13.6. The van der Waals surface area contributed by atoms with Gasteiger partial charge in [-0.1, -0.05) is 30.3 Å². The summed E-state index contributed by atoms with van der Waals surface area (Å²) >= 11 is 0. The molecule has 0 aromatic heterocycles.